The number of carbonyl (C=O) groups is 1. The SMILES string of the molecule is CN(C(=O)COc1ccccc1C#N)C1Cc2ccccc2C1. The number of para-hydroxylation sites is 1. The maximum absolute atomic E-state index is 12.4. The molecule has 0 aromatic heterocycles. The van der Waals surface area contributed by atoms with Crippen molar-refractivity contribution in [1.82, 2.24) is 4.90 Å². The molecule has 23 heavy (non-hydrogen) atoms. The van der Waals surface area contributed by atoms with Gasteiger partial charge in [-0.15, -0.1) is 0 Å². The fourth-order valence-electron chi connectivity index (χ4n) is 2.94. The Morgan fingerprint density at radius 2 is 1.78 bits per heavy atom. The fourth-order valence-corrected chi connectivity index (χ4v) is 2.94. The molecule has 0 saturated carbocycles. The molecule has 2 aromatic carbocycles. The Labute approximate surface area is 135 Å². The van der Waals surface area contributed by atoms with Gasteiger partial charge in [-0.2, -0.15) is 5.26 Å². The minimum Gasteiger partial charge on any atom is -0.482 e. The third kappa shape index (κ3) is 3.19. The molecule has 116 valence electrons. The van der Waals surface area contributed by atoms with E-state index in [4.69, 9.17) is 10.00 Å². The molecule has 1 amide bonds. The summed E-state index contributed by atoms with van der Waals surface area (Å²) < 4.78 is 5.53. The molecule has 1 aliphatic carbocycles. The number of likely N-dealkylation sites (N-methyl/N-ethyl adjacent to an activating group) is 1. The van der Waals surface area contributed by atoms with Gasteiger partial charge in [-0.3, -0.25) is 4.79 Å². The zero-order chi connectivity index (χ0) is 16.2. The van der Waals surface area contributed by atoms with Crippen LogP contribution in [0.3, 0.4) is 0 Å². The standard InChI is InChI=1S/C19H18N2O2/c1-21(17-10-14-6-2-3-7-15(14)11-17)19(22)13-23-18-9-5-4-8-16(18)12-20/h2-9,17H,10-11,13H2,1H3. The Morgan fingerprint density at radius 1 is 1.17 bits per heavy atom. The first-order chi connectivity index (χ1) is 11.2. The number of carbonyl (C=O) groups excluding carboxylic acids is 1. The molecule has 0 aliphatic heterocycles. The molecule has 0 heterocycles. The Morgan fingerprint density at radius 3 is 2.43 bits per heavy atom. The summed E-state index contributed by atoms with van der Waals surface area (Å²) in [6, 6.07) is 17.5. The number of nitriles is 1. The number of hydrogen-bond acceptors (Lipinski definition) is 3. The average molecular weight is 306 g/mol. The lowest BCUT2D eigenvalue weighted by Crippen LogP contribution is -2.40. The number of fused-ring (bicyclic) bond motifs is 1. The molecule has 0 N–H and O–H groups in total. The van der Waals surface area contributed by atoms with Crippen molar-refractivity contribution in [3.8, 4) is 11.8 Å². The van der Waals surface area contributed by atoms with Gasteiger partial charge in [0.15, 0.2) is 6.61 Å². The van der Waals surface area contributed by atoms with Crippen molar-refractivity contribution in [2.75, 3.05) is 13.7 Å². The van der Waals surface area contributed by atoms with Crippen LogP contribution in [0.4, 0.5) is 0 Å². The zero-order valence-electron chi connectivity index (χ0n) is 13.0. The number of amides is 1. The van der Waals surface area contributed by atoms with Crippen LogP contribution in [0.1, 0.15) is 16.7 Å². The van der Waals surface area contributed by atoms with Crippen molar-refractivity contribution >= 4 is 5.91 Å². The molecule has 0 unspecified atom stereocenters. The number of rotatable bonds is 4. The molecule has 4 heteroatoms. The first-order valence-electron chi connectivity index (χ1n) is 7.63. The number of nitrogens with zero attached hydrogens (tertiary/aromatic N) is 2. The van der Waals surface area contributed by atoms with E-state index in [1.54, 1.807) is 29.2 Å². The maximum atomic E-state index is 12.4. The summed E-state index contributed by atoms with van der Waals surface area (Å²) in [5.74, 6) is 0.377. The quantitative estimate of drug-likeness (QED) is 0.872. The van der Waals surface area contributed by atoms with Gasteiger partial charge in [0.2, 0.25) is 0 Å². The van der Waals surface area contributed by atoms with Crippen LogP contribution in [0, 0.1) is 11.3 Å². The third-order valence-corrected chi connectivity index (χ3v) is 4.33. The van der Waals surface area contributed by atoms with E-state index in [2.05, 4.69) is 18.2 Å². The van der Waals surface area contributed by atoms with Crippen LogP contribution in [0.2, 0.25) is 0 Å². The van der Waals surface area contributed by atoms with Crippen LogP contribution in [-0.2, 0) is 17.6 Å². The molecule has 0 fully saturated rings. The van der Waals surface area contributed by atoms with Gasteiger partial charge in [-0.05, 0) is 36.1 Å². The lowest BCUT2D eigenvalue weighted by molar-refractivity contribution is -0.134. The van der Waals surface area contributed by atoms with Gasteiger partial charge in [0.05, 0.1) is 5.56 Å². The van der Waals surface area contributed by atoms with Crippen molar-refractivity contribution in [3.63, 3.8) is 0 Å². The lowest BCUT2D eigenvalue weighted by Gasteiger charge is -2.24. The zero-order valence-corrected chi connectivity index (χ0v) is 13.0. The molecule has 0 radical (unpaired) electrons. The molecule has 3 rings (SSSR count). The predicted octanol–water partition coefficient (Wildman–Crippen LogP) is 2.56. The van der Waals surface area contributed by atoms with Crippen LogP contribution in [0.15, 0.2) is 48.5 Å². The summed E-state index contributed by atoms with van der Waals surface area (Å²) >= 11 is 0. The molecular formula is C19H18N2O2. The van der Waals surface area contributed by atoms with E-state index < -0.39 is 0 Å². The Kier molecular flexibility index (Phi) is 4.29. The topological polar surface area (TPSA) is 53.3 Å². The van der Waals surface area contributed by atoms with Gasteiger partial charge in [0.25, 0.3) is 5.91 Å². The monoisotopic (exact) mass is 306 g/mol. The minimum atomic E-state index is -0.0736. The molecule has 2 aromatic rings. The third-order valence-electron chi connectivity index (χ3n) is 4.33. The summed E-state index contributed by atoms with van der Waals surface area (Å²) in [5, 5.41) is 9.04. The number of benzene rings is 2. The molecule has 4 nitrogen and oxygen atoms in total. The van der Waals surface area contributed by atoms with Crippen molar-refractivity contribution in [2.45, 2.75) is 18.9 Å². The minimum absolute atomic E-state index is 0.0535. The molecule has 0 bridgehead atoms. The summed E-state index contributed by atoms with van der Waals surface area (Å²) in [5.41, 5.74) is 3.07. The van der Waals surface area contributed by atoms with Crippen molar-refractivity contribution < 1.29 is 9.53 Å². The molecular weight excluding hydrogens is 288 g/mol. The highest BCUT2D eigenvalue weighted by atomic mass is 16.5. The highest BCUT2D eigenvalue weighted by Gasteiger charge is 2.27. The highest BCUT2D eigenvalue weighted by molar-refractivity contribution is 5.78. The molecule has 0 atom stereocenters. The number of hydrogen-bond donors (Lipinski definition) is 0. The second-order valence-electron chi connectivity index (χ2n) is 5.73. The van der Waals surface area contributed by atoms with E-state index in [9.17, 15) is 4.79 Å². The fraction of sp³-hybridized carbons (Fsp3) is 0.263. The maximum Gasteiger partial charge on any atom is 0.260 e. The van der Waals surface area contributed by atoms with E-state index in [1.165, 1.54) is 11.1 Å². The van der Waals surface area contributed by atoms with Crippen LogP contribution >= 0.6 is 0 Å². The van der Waals surface area contributed by atoms with E-state index >= 15 is 0 Å². The van der Waals surface area contributed by atoms with Gasteiger partial charge in [0.1, 0.15) is 11.8 Å². The summed E-state index contributed by atoms with van der Waals surface area (Å²) in [6.45, 7) is -0.0535. The smallest absolute Gasteiger partial charge is 0.260 e. The van der Waals surface area contributed by atoms with Crippen molar-refractivity contribution in [3.05, 3.63) is 65.2 Å². The molecule has 1 aliphatic rings. The molecule has 0 saturated heterocycles. The second kappa shape index (κ2) is 6.53. The first-order valence-corrected chi connectivity index (χ1v) is 7.63. The van der Waals surface area contributed by atoms with Gasteiger partial charge in [-0.25, -0.2) is 0 Å². The Bertz CT molecular complexity index is 739. The van der Waals surface area contributed by atoms with E-state index in [0.717, 1.165) is 12.8 Å². The van der Waals surface area contributed by atoms with Crippen LogP contribution in [0.25, 0.3) is 0 Å². The highest BCUT2D eigenvalue weighted by Crippen LogP contribution is 2.25. The first kappa shape index (κ1) is 15.1. The molecule has 0 spiro atoms. The Hall–Kier alpha value is -2.80. The van der Waals surface area contributed by atoms with Gasteiger partial charge in [-0.1, -0.05) is 36.4 Å². The van der Waals surface area contributed by atoms with Gasteiger partial charge in [0, 0.05) is 13.1 Å². The Balaban J connectivity index is 1.60. The summed E-state index contributed by atoms with van der Waals surface area (Å²) in [7, 11) is 1.82. The van der Waals surface area contributed by atoms with E-state index in [1.807, 2.05) is 19.2 Å². The summed E-state index contributed by atoms with van der Waals surface area (Å²) in [4.78, 5) is 14.1. The van der Waals surface area contributed by atoms with Crippen LogP contribution in [0.5, 0.6) is 5.75 Å². The van der Waals surface area contributed by atoms with E-state index in [-0.39, 0.29) is 18.6 Å². The van der Waals surface area contributed by atoms with Crippen LogP contribution < -0.4 is 4.74 Å². The average Bonchev–Trinajstić information content (AvgIpc) is 3.03. The van der Waals surface area contributed by atoms with E-state index in [0.29, 0.717) is 11.3 Å². The predicted molar refractivity (Wildman–Crippen MR) is 87.1 cm³/mol. The normalized spacial score (nSPS) is 13.2. The number of ether oxygens (including phenoxy) is 1. The van der Waals surface area contributed by atoms with Crippen molar-refractivity contribution in [2.24, 2.45) is 0 Å². The second-order valence-corrected chi connectivity index (χ2v) is 5.73. The largest absolute Gasteiger partial charge is 0.482 e. The van der Waals surface area contributed by atoms with Gasteiger partial charge >= 0.3 is 0 Å². The lowest BCUT2D eigenvalue weighted by atomic mass is 10.1. The van der Waals surface area contributed by atoms with Crippen molar-refractivity contribution in [1.29, 1.82) is 5.26 Å². The van der Waals surface area contributed by atoms with Crippen LogP contribution in [-0.4, -0.2) is 30.5 Å². The van der Waals surface area contributed by atoms with Gasteiger partial charge < -0.3 is 9.64 Å². The summed E-state index contributed by atoms with van der Waals surface area (Å²) in [6.07, 6.45) is 1.76.